The van der Waals surface area contributed by atoms with Gasteiger partial charge in [0.15, 0.2) is 5.65 Å². The highest BCUT2D eigenvalue weighted by molar-refractivity contribution is 6.29. The molecule has 20 heavy (non-hydrogen) atoms. The largest absolute Gasteiger partial charge is 0.481 e. The van der Waals surface area contributed by atoms with Gasteiger partial charge >= 0.3 is 5.97 Å². The second-order valence-corrected chi connectivity index (χ2v) is 4.69. The van der Waals surface area contributed by atoms with E-state index in [4.69, 9.17) is 16.7 Å². The molecule has 0 aliphatic heterocycles. The summed E-state index contributed by atoms with van der Waals surface area (Å²) in [7, 11) is 0. The highest BCUT2D eigenvalue weighted by Crippen LogP contribution is 2.21. The van der Waals surface area contributed by atoms with Gasteiger partial charge in [-0.05, 0) is 6.07 Å². The molecule has 1 N–H and O–H groups in total. The Morgan fingerprint density at radius 3 is 2.70 bits per heavy atom. The van der Waals surface area contributed by atoms with Crippen LogP contribution in [-0.2, 0) is 11.2 Å². The fourth-order valence-electron chi connectivity index (χ4n) is 1.98. The third-order valence-corrected chi connectivity index (χ3v) is 3.11. The Balaban J connectivity index is 2.11. The predicted octanol–water partition coefficient (Wildman–Crippen LogP) is 2.68. The minimum Gasteiger partial charge on any atom is -0.481 e. The van der Waals surface area contributed by atoms with Crippen molar-refractivity contribution in [2.45, 2.75) is 6.42 Å². The minimum absolute atomic E-state index is 0.165. The minimum atomic E-state index is -0.944. The van der Waals surface area contributed by atoms with Gasteiger partial charge in [-0.3, -0.25) is 4.79 Å². The first kappa shape index (κ1) is 12.6. The summed E-state index contributed by atoms with van der Waals surface area (Å²) in [5.74, 6) is -0.944. The highest BCUT2D eigenvalue weighted by Gasteiger charge is 2.11. The molecule has 0 aliphatic rings. The number of fused-ring (bicyclic) bond motifs is 1. The Kier molecular flexibility index (Phi) is 3.12. The number of aliphatic carboxylic acids is 1. The van der Waals surface area contributed by atoms with Gasteiger partial charge in [-0.1, -0.05) is 41.9 Å². The lowest BCUT2D eigenvalue weighted by Gasteiger charge is -2.00. The normalized spacial score (nSPS) is 10.8. The van der Waals surface area contributed by atoms with Crippen LogP contribution >= 0.6 is 11.6 Å². The van der Waals surface area contributed by atoms with Crippen molar-refractivity contribution in [3.63, 3.8) is 0 Å². The second kappa shape index (κ2) is 4.94. The maximum atomic E-state index is 10.7. The number of carboxylic acid groups (broad SMARTS) is 1. The van der Waals surface area contributed by atoms with E-state index in [0.29, 0.717) is 16.5 Å². The first-order valence-electron chi connectivity index (χ1n) is 5.96. The average molecular weight is 288 g/mol. The summed E-state index contributed by atoms with van der Waals surface area (Å²) in [6.45, 7) is 0. The van der Waals surface area contributed by atoms with Crippen molar-refractivity contribution in [3.8, 4) is 11.3 Å². The van der Waals surface area contributed by atoms with Crippen LogP contribution in [0.5, 0.6) is 0 Å². The van der Waals surface area contributed by atoms with Crippen LogP contribution in [0.2, 0.25) is 5.15 Å². The van der Waals surface area contributed by atoms with Crippen LogP contribution in [0.3, 0.4) is 0 Å². The summed E-state index contributed by atoms with van der Waals surface area (Å²) in [4.78, 5) is 15.0. The van der Waals surface area contributed by atoms with Gasteiger partial charge in [-0.15, -0.1) is 0 Å². The molecular formula is C14H10ClN3O2. The SMILES string of the molecule is O=C(O)Cc1cc(Cl)n2nc(-c3ccccc3)cc2n1. The molecule has 0 saturated heterocycles. The maximum absolute atomic E-state index is 10.7. The van der Waals surface area contributed by atoms with Crippen LogP contribution < -0.4 is 0 Å². The van der Waals surface area contributed by atoms with Crippen LogP contribution in [0.4, 0.5) is 0 Å². The number of aromatic nitrogens is 3. The smallest absolute Gasteiger partial charge is 0.309 e. The molecule has 3 aromatic rings. The van der Waals surface area contributed by atoms with E-state index >= 15 is 0 Å². The molecule has 2 heterocycles. The zero-order valence-electron chi connectivity index (χ0n) is 10.3. The quantitative estimate of drug-likeness (QED) is 0.752. The van der Waals surface area contributed by atoms with Crippen molar-refractivity contribution in [1.29, 1.82) is 0 Å². The van der Waals surface area contributed by atoms with Crippen molar-refractivity contribution >= 4 is 23.2 Å². The predicted molar refractivity (Wildman–Crippen MR) is 74.8 cm³/mol. The lowest BCUT2D eigenvalue weighted by Crippen LogP contribution is -2.04. The van der Waals surface area contributed by atoms with E-state index in [2.05, 4.69) is 10.1 Å². The van der Waals surface area contributed by atoms with Gasteiger partial charge in [0.25, 0.3) is 0 Å². The topological polar surface area (TPSA) is 67.5 Å². The maximum Gasteiger partial charge on any atom is 0.309 e. The van der Waals surface area contributed by atoms with Crippen LogP contribution in [0.15, 0.2) is 42.5 Å². The molecule has 6 heteroatoms. The van der Waals surface area contributed by atoms with E-state index in [-0.39, 0.29) is 6.42 Å². The Bertz CT molecular complexity index is 784. The molecule has 0 radical (unpaired) electrons. The average Bonchev–Trinajstić information content (AvgIpc) is 2.83. The van der Waals surface area contributed by atoms with E-state index in [0.717, 1.165) is 11.3 Å². The second-order valence-electron chi connectivity index (χ2n) is 4.31. The first-order chi connectivity index (χ1) is 9.63. The summed E-state index contributed by atoms with van der Waals surface area (Å²) in [6.07, 6.45) is -0.165. The Hall–Kier alpha value is -2.40. The van der Waals surface area contributed by atoms with E-state index in [1.807, 2.05) is 30.3 Å². The monoisotopic (exact) mass is 287 g/mol. The van der Waals surface area contributed by atoms with Crippen molar-refractivity contribution in [1.82, 2.24) is 14.6 Å². The zero-order chi connectivity index (χ0) is 14.1. The van der Waals surface area contributed by atoms with Crippen LogP contribution in [-0.4, -0.2) is 25.7 Å². The lowest BCUT2D eigenvalue weighted by atomic mass is 10.2. The van der Waals surface area contributed by atoms with Gasteiger partial charge in [-0.25, -0.2) is 9.50 Å². The van der Waals surface area contributed by atoms with Crippen LogP contribution in [0.1, 0.15) is 5.69 Å². The molecular weight excluding hydrogens is 278 g/mol. The fourth-order valence-corrected chi connectivity index (χ4v) is 2.23. The molecule has 100 valence electrons. The van der Waals surface area contributed by atoms with Crippen molar-refractivity contribution in [2.24, 2.45) is 0 Å². The highest BCUT2D eigenvalue weighted by atomic mass is 35.5. The molecule has 0 amide bonds. The number of hydrogen-bond donors (Lipinski definition) is 1. The number of carboxylic acids is 1. The Labute approximate surface area is 119 Å². The van der Waals surface area contributed by atoms with Gasteiger partial charge in [0.05, 0.1) is 17.8 Å². The molecule has 3 rings (SSSR count). The third-order valence-electron chi connectivity index (χ3n) is 2.84. The van der Waals surface area contributed by atoms with E-state index < -0.39 is 5.97 Å². The molecule has 0 fully saturated rings. The fraction of sp³-hybridized carbons (Fsp3) is 0.0714. The summed E-state index contributed by atoms with van der Waals surface area (Å²) in [5.41, 5.74) is 2.64. The van der Waals surface area contributed by atoms with E-state index in [1.54, 1.807) is 6.07 Å². The van der Waals surface area contributed by atoms with Gasteiger partial charge in [-0.2, -0.15) is 5.10 Å². The zero-order valence-corrected chi connectivity index (χ0v) is 11.1. The molecule has 0 bridgehead atoms. The summed E-state index contributed by atoms with van der Waals surface area (Å²) in [6, 6.07) is 12.9. The molecule has 0 saturated carbocycles. The molecule has 2 aromatic heterocycles. The lowest BCUT2D eigenvalue weighted by molar-refractivity contribution is -0.136. The standard InChI is InChI=1S/C14H10ClN3O2/c15-12-6-10(7-14(19)20)16-13-8-11(17-18(12)13)9-4-2-1-3-5-9/h1-6,8H,7H2,(H,19,20). The Morgan fingerprint density at radius 1 is 1.25 bits per heavy atom. The molecule has 0 spiro atoms. The van der Waals surface area contributed by atoms with Gasteiger partial charge in [0.1, 0.15) is 5.15 Å². The van der Waals surface area contributed by atoms with Gasteiger partial charge < -0.3 is 5.11 Å². The number of hydrogen-bond acceptors (Lipinski definition) is 3. The van der Waals surface area contributed by atoms with Crippen molar-refractivity contribution in [2.75, 3.05) is 0 Å². The molecule has 0 aliphatic carbocycles. The number of carbonyl (C=O) groups is 1. The number of halogens is 1. The first-order valence-corrected chi connectivity index (χ1v) is 6.34. The summed E-state index contributed by atoms with van der Waals surface area (Å²) in [5, 5.41) is 13.5. The van der Waals surface area contributed by atoms with E-state index in [1.165, 1.54) is 10.6 Å². The summed E-state index contributed by atoms with van der Waals surface area (Å²) < 4.78 is 1.50. The van der Waals surface area contributed by atoms with E-state index in [9.17, 15) is 4.79 Å². The van der Waals surface area contributed by atoms with Crippen molar-refractivity contribution < 1.29 is 9.90 Å². The molecule has 5 nitrogen and oxygen atoms in total. The number of rotatable bonds is 3. The van der Waals surface area contributed by atoms with Gasteiger partial charge in [0.2, 0.25) is 0 Å². The van der Waals surface area contributed by atoms with Crippen LogP contribution in [0, 0.1) is 0 Å². The third kappa shape index (κ3) is 2.35. The Morgan fingerprint density at radius 2 is 2.00 bits per heavy atom. The molecule has 0 atom stereocenters. The van der Waals surface area contributed by atoms with Crippen molar-refractivity contribution in [3.05, 3.63) is 53.3 Å². The molecule has 0 unspecified atom stereocenters. The number of nitrogens with zero attached hydrogens (tertiary/aromatic N) is 3. The number of benzene rings is 1. The molecule has 1 aromatic carbocycles. The summed E-state index contributed by atoms with van der Waals surface area (Å²) >= 11 is 6.11. The van der Waals surface area contributed by atoms with Gasteiger partial charge in [0, 0.05) is 11.6 Å². The van der Waals surface area contributed by atoms with Crippen LogP contribution in [0.25, 0.3) is 16.9 Å².